The molecule has 0 bridgehead atoms. The van der Waals surface area contributed by atoms with Crippen LogP contribution in [0.25, 0.3) is 22.7 Å². The quantitative estimate of drug-likeness (QED) is 0.294. The Morgan fingerprint density at radius 2 is 1.56 bits per heavy atom. The Morgan fingerprint density at radius 1 is 0.833 bits per heavy atom. The molecule has 3 aromatic carbocycles. The lowest BCUT2D eigenvalue weighted by Crippen LogP contribution is -2.16. The van der Waals surface area contributed by atoms with Gasteiger partial charge in [0.05, 0.1) is 33.4 Å². The molecule has 174 valence electrons. The van der Waals surface area contributed by atoms with Crippen LogP contribution < -0.4 is 4.74 Å². The molecule has 0 aliphatic carbocycles. The number of fused-ring (bicyclic) bond motifs is 4. The van der Waals surface area contributed by atoms with Gasteiger partial charge in [-0.1, -0.05) is 72.3 Å². The summed E-state index contributed by atoms with van der Waals surface area (Å²) >= 11 is 6.46. The SMILES string of the molecule is Cc1nn(-c2ccccc2)c2c1C(c1ccccc1)c1c(ncn3nc(-c4ccccc4Cl)nc13)O2. The Balaban J connectivity index is 1.50. The van der Waals surface area contributed by atoms with Crippen molar-refractivity contribution in [3.05, 3.63) is 119 Å². The van der Waals surface area contributed by atoms with E-state index < -0.39 is 0 Å². The highest BCUT2D eigenvalue weighted by atomic mass is 35.5. The molecule has 8 heteroatoms. The molecule has 7 rings (SSSR count). The molecule has 4 heterocycles. The smallest absolute Gasteiger partial charge is 0.230 e. The number of hydrogen-bond acceptors (Lipinski definition) is 5. The van der Waals surface area contributed by atoms with E-state index in [4.69, 9.17) is 31.5 Å². The molecule has 0 radical (unpaired) electrons. The van der Waals surface area contributed by atoms with E-state index in [1.165, 1.54) is 0 Å². The zero-order valence-electron chi connectivity index (χ0n) is 19.2. The van der Waals surface area contributed by atoms with Crippen molar-refractivity contribution in [1.82, 2.24) is 29.4 Å². The van der Waals surface area contributed by atoms with Gasteiger partial charge in [0.15, 0.2) is 11.5 Å². The van der Waals surface area contributed by atoms with E-state index in [1.54, 1.807) is 10.8 Å². The Bertz CT molecular complexity index is 1740. The van der Waals surface area contributed by atoms with Gasteiger partial charge in [-0.25, -0.2) is 19.2 Å². The number of rotatable bonds is 3. The van der Waals surface area contributed by atoms with Gasteiger partial charge in [0.1, 0.15) is 6.33 Å². The Labute approximate surface area is 211 Å². The fourth-order valence-electron chi connectivity index (χ4n) is 4.86. The van der Waals surface area contributed by atoms with Crippen LogP contribution in [0.2, 0.25) is 5.02 Å². The van der Waals surface area contributed by atoms with Gasteiger partial charge in [-0.3, -0.25) is 0 Å². The minimum absolute atomic E-state index is 0.193. The third kappa shape index (κ3) is 3.13. The average Bonchev–Trinajstić information content (AvgIpc) is 3.50. The van der Waals surface area contributed by atoms with E-state index in [9.17, 15) is 0 Å². The second kappa shape index (κ2) is 8.03. The van der Waals surface area contributed by atoms with Crippen molar-refractivity contribution in [2.45, 2.75) is 12.8 Å². The number of nitrogens with zero attached hydrogens (tertiary/aromatic N) is 6. The summed E-state index contributed by atoms with van der Waals surface area (Å²) in [6, 6.07) is 27.8. The summed E-state index contributed by atoms with van der Waals surface area (Å²) in [4.78, 5) is 9.58. The van der Waals surface area contributed by atoms with Gasteiger partial charge in [0.2, 0.25) is 11.8 Å². The summed E-state index contributed by atoms with van der Waals surface area (Å²) in [5, 5.41) is 10.2. The van der Waals surface area contributed by atoms with Crippen LogP contribution in [0, 0.1) is 6.92 Å². The van der Waals surface area contributed by atoms with Gasteiger partial charge < -0.3 is 4.74 Å². The predicted octanol–water partition coefficient (Wildman–Crippen LogP) is 6.22. The van der Waals surface area contributed by atoms with Crippen molar-refractivity contribution in [2.75, 3.05) is 0 Å². The molecule has 1 atom stereocenters. The van der Waals surface area contributed by atoms with E-state index in [2.05, 4.69) is 17.1 Å². The minimum atomic E-state index is -0.193. The fraction of sp³-hybridized carbons (Fsp3) is 0.0714. The molecule has 0 saturated heterocycles. The van der Waals surface area contributed by atoms with Crippen LogP contribution in [0.1, 0.15) is 28.3 Å². The van der Waals surface area contributed by atoms with E-state index in [1.807, 2.05) is 84.4 Å². The molecular weight excluding hydrogens is 472 g/mol. The van der Waals surface area contributed by atoms with E-state index in [0.717, 1.165) is 33.6 Å². The zero-order valence-corrected chi connectivity index (χ0v) is 20.0. The average molecular weight is 491 g/mol. The van der Waals surface area contributed by atoms with Crippen molar-refractivity contribution in [3.8, 4) is 28.8 Å². The molecular formula is C28H19ClN6O. The number of para-hydroxylation sites is 1. The van der Waals surface area contributed by atoms with E-state index in [0.29, 0.717) is 28.3 Å². The number of benzene rings is 3. The molecule has 36 heavy (non-hydrogen) atoms. The van der Waals surface area contributed by atoms with Gasteiger partial charge in [0.25, 0.3) is 0 Å². The largest absolute Gasteiger partial charge is 0.420 e. The lowest BCUT2D eigenvalue weighted by molar-refractivity contribution is 0.402. The van der Waals surface area contributed by atoms with Crippen LogP contribution in [0.5, 0.6) is 11.8 Å². The maximum atomic E-state index is 6.46. The van der Waals surface area contributed by atoms with E-state index in [-0.39, 0.29) is 5.92 Å². The number of ether oxygens (including phenoxy) is 1. The Kier molecular flexibility index (Phi) is 4.65. The third-order valence-electron chi connectivity index (χ3n) is 6.47. The van der Waals surface area contributed by atoms with E-state index >= 15 is 0 Å². The lowest BCUT2D eigenvalue weighted by Gasteiger charge is -2.26. The van der Waals surface area contributed by atoms with Crippen LogP contribution in [0.15, 0.2) is 91.3 Å². The summed E-state index contributed by atoms with van der Waals surface area (Å²) in [6.07, 6.45) is 1.63. The van der Waals surface area contributed by atoms with Gasteiger partial charge in [0, 0.05) is 5.56 Å². The zero-order chi connectivity index (χ0) is 24.2. The number of aromatic nitrogens is 6. The first-order valence-corrected chi connectivity index (χ1v) is 11.9. The van der Waals surface area contributed by atoms with Crippen molar-refractivity contribution < 1.29 is 4.74 Å². The third-order valence-corrected chi connectivity index (χ3v) is 6.80. The summed E-state index contributed by atoms with van der Waals surface area (Å²) in [5.41, 5.74) is 6.14. The summed E-state index contributed by atoms with van der Waals surface area (Å²) in [5.74, 6) is 1.48. The van der Waals surface area contributed by atoms with Crippen LogP contribution in [-0.2, 0) is 0 Å². The maximum Gasteiger partial charge on any atom is 0.230 e. The lowest BCUT2D eigenvalue weighted by atomic mass is 9.84. The molecule has 0 N–H and O–H groups in total. The summed E-state index contributed by atoms with van der Waals surface area (Å²) < 4.78 is 10.00. The highest BCUT2D eigenvalue weighted by Gasteiger charge is 2.38. The Morgan fingerprint density at radius 3 is 2.33 bits per heavy atom. The molecule has 1 aliphatic rings. The van der Waals surface area contributed by atoms with Crippen LogP contribution in [0.3, 0.4) is 0 Å². The molecule has 7 nitrogen and oxygen atoms in total. The standard InChI is InChI=1S/C28H19ClN6O/c1-17-22-23(18-10-4-2-5-11-18)24-26-31-25(20-14-8-9-15-21(20)29)33-34(26)16-30-27(24)36-28(22)35(32-17)19-12-6-3-7-13-19/h2-16,23H,1H3. The highest BCUT2D eigenvalue weighted by Crippen LogP contribution is 2.49. The monoisotopic (exact) mass is 490 g/mol. The van der Waals surface area contributed by atoms with Gasteiger partial charge in [-0.15, -0.1) is 5.10 Å². The molecule has 6 aromatic rings. The first kappa shape index (κ1) is 20.8. The number of aryl methyl sites for hydroxylation is 1. The van der Waals surface area contributed by atoms with Crippen LogP contribution in [0.4, 0.5) is 0 Å². The maximum absolute atomic E-state index is 6.46. The summed E-state index contributed by atoms with van der Waals surface area (Å²) in [7, 11) is 0. The first-order valence-electron chi connectivity index (χ1n) is 11.6. The number of halogens is 1. The highest BCUT2D eigenvalue weighted by molar-refractivity contribution is 6.33. The van der Waals surface area contributed by atoms with Crippen LogP contribution >= 0.6 is 11.6 Å². The molecule has 1 aliphatic heterocycles. The molecule has 0 saturated carbocycles. The van der Waals surface area contributed by atoms with Gasteiger partial charge >= 0.3 is 0 Å². The van der Waals surface area contributed by atoms with Crippen molar-refractivity contribution in [2.24, 2.45) is 0 Å². The second-order valence-corrected chi connectivity index (χ2v) is 9.05. The van der Waals surface area contributed by atoms with Gasteiger partial charge in [-0.2, -0.15) is 5.10 Å². The molecule has 1 unspecified atom stereocenters. The van der Waals surface area contributed by atoms with Crippen molar-refractivity contribution >= 4 is 17.2 Å². The normalized spacial score (nSPS) is 14.3. The predicted molar refractivity (Wildman–Crippen MR) is 137 cm³/mol. The molecule has 3 aromatic heterocycles. The minimum Gasteiger partial charge on any atom is -0.420 e. The molecule has 0 fully saturated rings. The first-order chi connectivity index (χ1) is 17.7. The van der Waals surface area contributed by atoms with Crippen LogP contribution in [-0.4, -0.2) is 29.4 Å². The Hall–Kier alpha value is -4.49. The fourth-order valence-corrected chi connectivity index (χ4v) is 5.08. The number of hydrogen-bond donors (Lipinski definition) is 0. The summed E-state index contributed by atoms with van der Waals surface area (Å²) in [6.45, 7) is 2.01. The van der Waals surface area contributed by atoms with Crippen molar-refractivity contribution in [1.29, 1.82) is 0 Å². The van der Waals surface area contributed by atoms with Crippen molar-refractivity contribution in [3.63, 3.8) is 0 Å². The molecule has 0 spiro atoms. The second-order valence-electron chi connectivity index (χ2n) is 8.64. The van der Waals surface area contributed by atoms with Gasteiger partial charge in [-0.05, 0) is 36.8 Å². The topological polar surface area (TPSA) is 70.1 Å². The molecule has 0 amide bonds.